The number of anilines is 1. The Morgan fingerprint density at radius 2 is 1.87 bits per heavy atom. The summed E-state index contributed by atoms with van der Waals surface area (Å²) in [6.07, 6.45) is 0. The zero-order valence-electron chi connectivity index (χ0n) is 14.3. The van der Waals surface area contributed by atoms with Gasteiger partial charge in [0.1, 0.15) is 0 Å². The van der Waals surface area contributed by atoms with Crippen molar-refractivity contribution in [2.45, 2.75) is 33.2 Å². The number of rotatable bonds is 2. The number of amides is 1. The zero-order valence-corrected chi connectivity index (χ0v) is 14.3. The van der Waals surface area contributed by atoms with Crippen LogP contribution in [0.15, 0.2) is 36.4 Å². The van der Waals surface area contributed by atoms with Gasteiger partial charge in [0, 0.05) is 31.6 Å². The van der Waals surface area contributed by atoms with Crippen LogP contribution in [0.3, 0.4) is 0 Å². The van der Waals surface area contributed by atoms with Crippen molar-refractivity contribution in [3.63, 3.8) is 0 Å². The van der Waals surface area contributed by atoms with Crippen molar-refractivity contribution >= 4 is 11.6 Å². The number of benzene rings is 2. The van der Waals surface area contributed by atoms with Crippen LogP contribution in [-0.2, 0) is 11.3 Å². The summed E-state index contributed by atoms with van der Waals surface area (Å²) in [5.74, 6) is 0.348. The van der Waals surface area contributed by atoms with Crippen LogP contribution in [0.1, 0.15) is 40.7 Å². The predicted octanol–water partition coefficient (Wildman–Crippen LogP) is 3.84. The van der Waals surface area contributed by atoms with Gasteiger partial charge in [-0.25, -0.2) is 0 Å². The summed E-state index contributed by atoms with van der Waals surface area (Å²) >= 11 is 0. The quantitative estimate of drug-likeness (QED) is 0.914. The molecule has 0 radical (unpaired) electrons. The van der Waals surface area contributed by atoms with Gasteiger partial charge < -0.3 is 10.2 Å². The van der Waals surface area contributed by atoms with Crippen LogP contribution in [0.2, 0.25) is 0 Å². The monoisotopic (exact) mass is 308 g/mol. The first kappa shape index (κ1) is 15.8. The van der Waals surface area contributed by atoms with Crippen molar-refractivity contribution in [1.29, 1.82) is 0 Å². The van der Waals surface area contributed by atoms with Crippen LogP contribution in [0, 0.1) is 13.8 Å². The summed E-state index contributed by atoms with van der Waals surface area (Å²) in [6, 6.07) is 12.9. The Kier molecular flexibility index (Phi) is 4.22. The van der Waals surface area contributed by atoms with Gasteiger partial charge in [-0.2, -0.15) is 0 Å². The minimum Gasteiger partial charge on any atom is -0.326 e. The average Bonchev–Trinajstić information content (AvgIpc) is 2.48. The molecule has 2 aromatic rings. The fourth-order valence-corrected chi connectivity index (χ4v) is 3.59. The second-order valence-electron chi connectivity index (χ2n) is 6.70. The van der Waals surface area contributed by atoms with Gasteiger partial charge in [-0.3, -0.25) is 4.79 Å². The van der Waals surface area contributed by atoms with Gasteiger partial charge >= 0.3 is 0 Å². The van der Waals surface area contributed by atoms with Gasteiger partial charge in [0.05, 0.1) is 0 Å². The molecular weight excluding hydrogens is 284 g/mol. The molecule has 3 nitrogen and oxygen atoms in total. The number of likely N-dealkylation sites (N-methyl/N-ethyl adjacent to an activating group) is 1. The molecule has 120 valence electrons. The molecule has 1 aliphatic rings. The molecule has 0 fully saturated rings. The molecule has 1 N–H and O–H groups in total. The van der Waals surface area contributed by atoms with Crippen LogP contribution >= 0.6 is 0 Å². The Balaban J connectivity index is 1.99. The number of hydrogen-bond acceptors (Lipinski definition) is 2. The fraction of sp³-hybridized carbons (Fsp3) is 0.350. The molecule has 1 heterocycles. The Bertz CT molecular complexity index is 734. The van der Waals surface area contributed by atoms with Crippen molar-refractivity contribution in [1.82, 2.24) is 4.90 Å². The molecule has 0 saturated carbocycles. The molecule has 2 aromatic carbocycles. The third-order valence-electron chi connectivity index (χ3n) is 4.58. The number of hydrogen-bond donors (Lipinski definition) is 1. The molecule has 1 atom stereocenters. The third-order valence-corrected chi connectivity index (χ3v) is 4.58. The number of nitrogens with one attached hydrogen (secondary N) is 1. The standard InChI is InChI=1S/C20H24N2O/c1-13-9-14(2)19-11-22(4)12-20(18(19)10-13)16-5-7-17(8-6-16)21-15(3)23/h5-10,20H,11-12H2,1-4H3,(H,21,23). The molecule has 0 spiro atoms. The van der Waals surface area contributed by atoms with Crippen molar-refractivity contribution in [2.75, 3.05) is 18.9 Å². The summed E-state index contributed by atoms with van der Waals surface area (Å²) in [4.78, 5) is 13.5. The van der Waals surface area contributed by atoms with Crippen LogP contribution in [0.5, 0.6) is 0 Å². The number of nitrogens with zero attached hydrogens (tertiary/aromatic N) is 1. The molecule has 0 aliphatic carbocycles. The van der Waals surface area contributed by atoms with E-state index in [0.29, 0.717) is 5.92 Å². The molecule has 1 aliphatic heterocycles. The van der Waals surface area contributed by atoms with E-state index in [1.165, 1.54) is 34.7 Å². The van der Waals surface area contributed by atoms with E-state index in [2.05, 4.69) is 55.4 Å². The Morgan fingerprint density at radius 3 is 2.52 bits per heavy atom. The van der Waals surface area contributed by atoms with Gasteiger partial charge in [-0.15, -0.1) is 0 Å². The summed E-state index contributed by atoms with van der Waals surface area (Å²) in [5.41, 5.74) is 7.77. The predicted molar refractivity (Wildman–Crippen MR) is 94.8 cm³/mol. The van der Waals surface area contributed by atoms with E-state index in [9.17, 15) is 4.79 Å². The van der Waals surface area contributed by atoms with Gasteiger partial charge in [0.15, 0.2) is 0 Å². The molecule has 23 heavy (non-hydrogen) atoms. The van der Waals surface area contributed by atoms with Crippen molar-refractivity contribution < 1.29 is 4.79 Å². The first-order valence-electron chi connectivity index (χ1n) is 8.10. The van der Waals surface area contributed by atoms with Crippen LogP contribution in [-0.4, -0.2) is 24.4 Å². The lowest BCUT2D eigenvalue weighted by Crippen LogP contribution is -2.31. The van der Waals surface area contributed by atoms with E-state index in [-0.39, 0.29) is 5.91 Å². The number of carbonyl (C=O) groups excluding carboxylic acids is 1. The van der Waals surface area contributed by atoms with Crippen molar-refractivity contribution in [2.24, 2.45) is 0 Å². The first-order valence-corrected chi connectivity index (χ1v) is 8.10. The van der Waals surface area contributed by atoms with E-state index < -0.39 is 0 Å². The second-order valence-corrected chi connectivity index (χ2v) is 6.70. The van der Waals surface area contributed by atoms with Crippen molar-refractivity contribution in [3.8, 4) is 0 Å². The van der Waals surface area contributed by atoms with E-state index in [1.54, 1.807) is 0 Å². The zero-order chi connectivity index (χ0) is 16.6. The maximum Gasteiger partial charge on any atom is 0.221 e. The van der Waals surface area contributed by atoms with E-state index >= 15 is 0 Å². The highest BCUT2D eigenvalue weighted by atomic mass is 16.1. The minimum absolute atomic E-state index is 0.0354. The lowest BCUT2D eigenvalue weighted by atomic mass is 9.82. The van der Waals surface area contributed by atoms with Gasteiger partial charge in [0.2, 0.25) is 5.91 Å². The number of fused-ring (bicyclic) bond motifs is 1. The Morgan fingerprint density at radius 1 is 1.17 bits per heavy atom. The van der Waals surface area contributed by atoms with E-state index in [4.69, 9.17) is 0 Å². The van der Waals surface area contributed by atoms with E-state index in [1.807, 2.05) is 12.1 Å². The van der Waals surface area contributed by atoms with Crippen LogP contribution in [0.25, 0.3) is 0 Å². The molecule has 3 rings (SSSR count). The largest absolute Gasteiger partial charge is 0.326 e. The normalized spacial score (nSPS) is 17.7. The lowest BCUT2D eigenvalue weighted by molar-refractivity contribution is -0.114. The molecule has 0 bridgehead atoms. The molecule has 0 saturated heterocycles. The van der Waals surface area contributed by atoms with Gasteiger partial charge in [0.25, 0.3) is 0 Å². The summed E-state index contributed by atoms with van der Waals surface area (Å²) in [5, 5.41) is 2.83. The van der Waals surface area contributed by atoms with Gasteiger partial charge in [-0.1, -0.05) is 29.8 Å². The smallest absolute Gasteiger partial charge is 0.221 e. The van der Waals surface area contributed by atoms with Gasteiger partial charge in [-0.05, 0) is 55.3 Å². The molecule has 1 amide bonds. The average molecular weight is 308 g/mol. The maximum atomic E-state index is 11.2. The number of carbonyl (C=O) groups is 1. The SMILES string of the molecule is CC(=O)Nc1ccc(C2CN(C)Cc3c(C)cc(C)cc32)cc1. The summed E-state index contributed by atoms with van der Waals surface area (Å²) < 4.78 is 0. The third kappa shape index (κ3) is 3.30. The summed E-state index contributed by atoms with van der Waals surface area (Å²) in [7, 11) is 2.18. The fourth-order valence-electron chi connectivity index (χ4n) is 3.59. The van der Waals surface area contributed by atoms with Crippen molar-refractivity contribution in [3.05, 3.63) is 64.2 Å². The first-order chi connectivity index (χ1) is 10.9. The van der Waals surface area contributed by atoms with Crippen LogP contribution in [0.4, 0.5) is 5.69 Å². The molecule has 1 unspecified atom stereocenters. The Labute approximate surface area is 138 Å². The topological polar surface area (TPSA) is 32.3 Å². The van der Waals surface area contributed by atoms with Crippen LogP contribution < -0.4 is 5.32 Å². The Hall–Kier alpha value is -2.13. The molecule has 3 heteroatoms. The maximum absolute atomic E-state index is 11.2. The molecule has 0 aromatic heterocycles. The van der Waals surface area contributed by atoms with E-state index in [0.717, 1.165) is 18.8 Å². The molecular formula is C20H24N2O. The minimum atomic E-state index is -0.0354. The summed E-state index contributed by atoms with van der Waals surface area (Å²) in [6.45, 7) is 7.95. The lowest BCUT2D eigenvalue weighted by Gasteiger charge is -2.34. The second kappa shape index (κ2) is 6.17. The highest BCUT2D eigenvalue weighted by molar-refractivity contribution is 5.88. The highest BCUT2D eigenvalue weighted by Gasteiger charge is 2.26. The number of aryl methyl sites for hydroxylation is 2. The highest BCUT2D eigenvalue weighted by Crippen LogP contribution is 2.35.